The molecule has 0 saturated heterocycles. The van der Waals surface area contributed by atoms with Crippen molar-refractivity contribution in [3.05, 3.63) is 40.6 Å². The van der Waals surface area contributed by atoms with Crippen LogP contribution in [0.1, 0.15) is 0 Å². The van der Waals surface area contributed by atoms with Crippen molar-refractivity contribution in [1.29, 1.82) is 0 Å². The van der Waals surface area contributed by atoms with Gasteiger partial charge in [0.2, 0.25) is 5.28 Å². The molecule has 1 aromatic heterocycles. The number of anilines is 1. The minimum atomic E-state index is 0.139. The summed E-state index contributed by atoms with van der Waals surface area (Å²) in [6.45, 7) is 0. The molecule has 0 fully saturated rings. The third-order valence-corrected chi connectivity index (χ3v) is 2.28. The van der Waals surface area contributed by atoms with Crippen molar-refractivity contribution in [2.45, 2.75) is 0 Å². The molecule has 0 aliphatic heterocycles. The van der Waals surface area contributed by atoms with E-state index in [1.54, 1.807) is 18.2 Å². The van der Waals surface area contributed by atoms with E-state index < -0.39 is 0 Å². The Labute approximate surface area is 96.9 Å². The van der Waals surface area contributed by atoms with E-state index >= 15 is 0 Å². The summed E-state index contributed by atoms with van der Waals surface area (Å²) in [6.07, 6.45) is 0. The van der Waals surface area contributed by atoms with E-state index in [-0.39, 0.29) is 5.28 Å². The minimum absolute atomic E-state index is 0.139. The molecule has 76 valence electrons. The molecule has 0 unspecified atom stereocenters. The highest BCUT2D eigenvalue weighted by Crippen LogP contribution is 2.21. The first kappa shape index (κ1) is 10.2. The van der Waals surface area contributed by atoms with Crippen LogP contribution in [0.4, 0.5) is 5.82 Å². The molecule has 5 heteroatoms. The van der Waals surface area contributed by atoms with E-state index in [1.165, 1.54) is 0 Å². The highest BCUT2D eigenvalue weighted by atomic mass is 35.5. The average Bonchev–Trinajstić information content (AvgIpc) is 2.17. The molecule has 1 heterocycles. The summed E-state index contributed by atoms with van der Waals surface area (Å²) >= 11 is 11.5. The van der Waals surface area contributed by atoms with Gasteiger partial charge in [-0.25, -0.2) is 9.97 Å². The fraction of sp³-hybridized carbons (Fsp3) is 0. The third-order valence-electron chi connectivity index (χ3n) is 1.86. The van der Waals surface area contributed by atoms with Gasteiger partial charge in [0, 0.05) is 16.7 Å². The molecule has 15 heavy (non-hydrogen) atoms. The van der Waals surface area contributed by atoms with Crippen molar-refractivity contribution < 1.29 is 0 Å². The predicted octanol–water partition coefficient (Wildman–Crippen LogP) is 3.03. The van der Waals surface area contributed by atoms with E-state index in [2.05, 4.69) is 9.97 Å². The molecule has 2 N–H and O–H groups in total. The number of nitrogens with two attached hydrogens (primary N) is 1. The largest absolute Gasteiger partial charge is 0.384 e. The molecule has 0 aliphatic carbocycles. The summed E-state index contributed by atoms with van der Waals surface area (Å²) in [5.41, 5.74) is 7.15. The summed E-state index contributed by atoms with van der Waals surface area (Å²) < 4.78 is 0. The minimum Gasteiger partial charge on any atom is -0.384 e. The molecule has 0 amide bonds. The highest BCUT2D eigenvalue weighted by Gasteiger charge is 2.03. The smallest absolute Gasteiger partial charge is 0.224 e. The van der Waals surface area contributed by atoms with E-state index in [9.17, 15) is 0 Å². The first-order valence-corrected chi connectivity index (χ1v) is 4.97. The van der Waals surface area contributed by atoms with Gasteiger partial charge in [-0.2, -0.15) is 0 Å². The van der Waals surface area contributed by atoms with Crippen LogP contribution < -0.4 is 5.73 Å². The van der Waals surface area contributed by atoms with Gasteiger partial charge in [-0.15, -0.1) is 0 Å². The summed E-state index contributed by atoms with van der Waals surface area (Å²) in [4.78, 5) is 7.85. The van der Waals surface area contributed by atoms with Crippen molar-refractivity contribution in [3.63, 3.8) is 0 Å². The van der Waals surface area contributed by atoms with Crippen molar-refractivity contribution >= 4 is 29.0 Å². The number of nitrogen functional groups attached to an aromatic ring is 1. The molecule has 2 rings (SSSR count). The van der Waals surface area contributed by atoms with Gasteiger partial charge in [-0.05, 0) is 23.7 Å². The Bertz CT molecular complexity index is 462. The van der Waals surface area contributed by atoms with Gasteiger partial charge in [0.15, 0.2) is 0 Å². The van der Waals surface area contributed by atoms with Gasteiger partial charge < -0.3 is 5.73 Å². The number of nitrogens with zero attached hydrogens (tertiary/aromatic N) is 2. The number of halogens is 2. The Hall–Kier alpha value is -1.32. The number of hydrogen-bond donors (Lipinski definition) is 1. The fourth-order valence-electron chi connectivity index (χ4n) is 1.20. The van der Waals surface area contributed by atoms with Crippen molar-refractivity contribution in [3.8, 4) is 11.3 Å². The highest BCUT2D eigenvalue weighted by molar-refractivity contribution is 6.30. The molecule has 3 nitrogen and oxygen atoms in total. The maximum absolute atomic E-state index is 5.78. The standard InChI is InChI=1S/C10H7Cl2N3/c11-7-3-1-6(2-4-7)8-5-9(13)15-10(12)14-8/h1-5H,(H2,13,14,15). The molecule has 0 aliphatic rings. The van der Waals surface area contributed by atoms with Gasteiger partial charge in [0.05, 0.1) is 5.69 Å². The Morgan fingerprint density at radius 3 is 2.27 bits per heavy atom. The molecule has 0 atom stereocenters. The van der Waals surface area contributed by atoms with Gasteiger partial charge in [-0.1, -0.05) is 23.7 Å². The lowest BCUT2D eigenvalue weighted by atomic mass is 10.1. The Morgan fingerprint density at radius 1 is 1.00 bits per heavy atom. The van der Waals surface area contributed by atoms with E-state index in [0.717, 1.165) is 5.56 Å². The van der Waals surface area contributed by atoms with Crippen LogP contribution in [0.15, 0.2) is 30.3 Å². The third kappa shape index (κ3) is 2.37. The van der Waals surface area contributed by atoms with Gasteiger partial charge in [0.1, 0.15) is 5.82 Å². The maximum atomic E-state index is 5.78. The first-order chi connectivity index (χ1) is 7.15. The first-order valence-electron chi connectivity index (χ1n) is 4.21. The van der Waals surface area contributed by atoms with Crippen molar-refractivity contribution in [2.24, 2.45) is 0 Å². The lowest BCUT2D eigenvalue weighted by molar-refractivity contribution is 1.18. The average molecular weight is 240 g/mol. The Kier molecular flexibility index (Phi) is 2.75. The number of rotatable bonds is 1. The summed E-state index contributed by atoms with van der Waals surface area (Å²) in [6, 6.07) is 8.92. The monoisotopic (exact) mass is 239 g/mol. The van der Waals surface area contributed by atoms with Gasteiger partial charge in [0.25, 0.3) is 0 Å². The summed E-state index contributed by atoms with van der Waals surface area (Å²) in [5, 5.41) is 0.812. The Balaban J connectivity index is 2.49. The number of aromatic nitrogens is 2. The van der Waals surface area contributed by atoms with E-state index in [1.807, 2.05) is 12.1 Å². The SMILES string of the molecule is Nc1cc(-c2ccc(Cl)cc2)nc(Cl)n1. The second kappa shape index (κ2) is 4.04. The zero-order valence-electron chi connectivity index (χ0n) is 7.61. The maximum Gasteiger partial charge on any atom is 0.224 e. The summed E-state index contributed by atoms with van der Waals surface area (Å²) in [7, 11) is 0. The summed E-state index contributed by atoms with van der Waals surface area (Å²) in [5.74, 6) is 0.347. The van der Waals surface area contributed by atoms with Crippen LogP contribution in [0.5, 0.6) is 0 Å². The Morgan fingerprint density at radius 2 is 1.67 bits per heavy atom. The van der Waals surface area contributed by atoms with Crippen LogP contribution in [0.2, 0.25) is 10.3 Å². The zero-order chi connectivity index (χ0) is 10.8. The normalized spacial score (nSPS) is 10.3. The van der Waals surface area contributed by atoms with E-state index in [4.69, 9.17) is 28.9 Å². The molecule has 0 radical (unpaired) electrons. The van der Waals surface area contributed by atoms with Crippen molar-refractivity contribution in [2.75, 3.05) is 5.73 Å². The number of benzene rings is 1. The topological polar surface area (TPSA) is 51.8 Å². The molecule has 0 saturated carbocycles. The zero-order valence-corrected chi connectivity index (χ0v) is 9.13. The van der Waals surface area contributed by atoms with E-state index in [0.29, 0.717) is 16.5 Å². The van der Waals surface area contributed by atoms with Gasteiger partial charge >= 0.3 is 0 Å². The molecule has 0 bridgehead atoms. The van der Waals surface area contributed by atoms with Crippen LogP contribution in [0, 0.1) is 0 Å². The molecular weight excluding hydrogens is 233 g/mol. The number of hydrogen-bond acceptors (Lipinski definition) is 3. The van der Waals surface area contributed by atoms with Crippen molar-refractivity contribution in [1.82, 2.24) is 9.97 Å². The molecular formula is C10H7Cl2N3. The van der Waals surface area contributed by atoms with Crippen LogP contribution in [-0.2, 0) is 0 Å². The second-order valence-corrected chi connectivity index (χ2v) is 3.73. The molecule has 1 aromatic carbocycles. The quantitative estimate of drug-likeness (QED) is 0.779. The van der Waals surface area contributed by atoms with Crippen LogP contribution in [-0.4, -0.2) is 9.97 Å². The van der Waals surface area contributed by atoms with Crippen LogP contribution in [0.3, 0.4) is 0 Å². The second-order valence-electron chi connectivity index (χ2n) is 2.95. The van der Waals surface area contributed by atoms with Crippen LogP contribution >= 0.6 is 23.2 Å². The van der Waals surface area contributed by atoms with Gasteiger partial charge in [-0.3, -0.25) is 0 Å². The lowest BCUT2D eigenvalue weighted by Crippen LogP contribution is -1.94. The molecule has 2 aromatic rings. The fourth-order valence-corrected chi connectivity index (χ4v) is 1.52. The molecule has 0 spiro atoms. The van der Waals surface area contributed by atoms with Crippen LogP contribution in [0.25, 0.3) is 11.3 Å². The lowest BCUT2D eigenvalue weighted by Gasteiger charge is -2.02. The predicted molar refractivity (Wildman–Crippen MR) is 61.9 cm³/mol.